The van der Waals surface area contributed by atoms with Crippen molar-refractivity contribution in [3.05, 3.63) is 0 Å². The Hall–Kier alpha value is -1.63. The second-order valence-electron chi connectivity index (χ2n) is 8.79. The third-order valence-electron chi connectivity index (χ3n) is 6.59. The Morgan fingerprint density at radius 2 is 1.86 bits per heavy atom. The molecule has 1 aliphatic heterocycles. The van der Waals surface area contributed by atoms with Crippen LogP contribution in [0.25, 0.3) is 0 Å². The van der Waals surface area contributed by atoms with Gasteiger partial charge in [0.1, 0.15) is 6.04 Å². The van der Waals surface area contributed by atoms with E-state index in [4.69, 9.17) is 0 Å². The molecule has 2 fully saturated rings. The first-order valence-electron chi connectivity index (χ1n) is 11.2. The molecule has 7 nitrogen and oxygen atoms in total. The van der Waals surface area contributed by atoms with Crippen LogP contribution in [0.3, 0.4) is 0 Å². The lowest BCUT2D eigenvalue weighted by molar-refractivity contribution is -0.147. The SMILES string of the molecule is COC(=O)CCCCCCC1C(=O)NCC(=O)N1CCC(C)(O)C1CCCCC1. The summed E-state index contributed by atoms with van der Waals surface area (Å²) in [5.41, 5.74) is -0.799. The molecule has 0 aromatic carbocycles. The molecule has 0 radical (unpaired) electrons. The molecular weight excluding hydrogens is 372 g/mol. The van der Waals surface area contributed by atoms with Crippen LogP contribution < -0.4 is 5.32 Å². The van der Waals surface area contributed by atoms with Crippen LogP contribution in [-0.2, 0) is 19.1 Å². The molecule has 7 heteroatoms. The summed E-state index contributed by atoms with van der Waals surface area (Å²) < 4.78 is 4.63. The Labute approximate surface area is 174 Å². The van der Waals surface area contributed by atoms with Crippen LogP contribution in [0, 0.1) is 5.92 Å². The number of hydrogen-bond donors (Lipinski definition) is 2. The minimum Gasteiger partial charge on any atom is -0.469 e. The minimum absolute atomic E-state index is 0.0417. The second-order valence-corrected chi connectivity index (χ2v) is 8.79. The van der Waals surface area contributed by atoms with Crippen molar-refractivity contribution >= 4 is 17.8 Å². The number of hydrogen-bond acceptors (Lipinski definition) is 5. The molecule has 2 N–H and O–H groups in total. The Kier molecular flexibility index (Phi) is 9.40. The Morgan fingerprint density at radius 3 is 2.55 bits per heavy atom. The standard InChI is InChI=1S/C22H38N2O5/c1-22(28,17-10-6-5-7-11-17)14-15-24-18(21(27)23-16-19(24)25)12-8-3-4-9-13-20(26)29-2/h17-18,28H,3-16H2,1-2H3,(H,23,27). The maximum atomic E-state index is 12.5. The van der Waals surface area contributed by atoms with Gasteiger partial charge in [-0.1, -0.05) is 38.5 Å². The van der Waals surface area contributed by atoms with E-state index in [0.29, 0.717) is 25.8 Å². The van der Waals surface area contributed by atoms with E-state index in [1.165, 1.54) is 13.5 Å². The smallest absolute Gasteiger partial charge is 0.305 e. The zero-order chi connectivity index (χ0) is 21.3. The molecule has 29 heavy (non-hydrogen) atoms. The summed E-state index contributed by atoms with van der Waals surface area (Å²) in [7, 11) is 1.39. The molecule has 0 aromatic rings. The second kappa shape index (κ2) is 11.5. The number of ether oxygens (including phenoxy) is 1. The van der Waals surface area contributed by atoms with Crippen LogP contribution in [0.1, 0.15) is 84.0 Å². The quantitative estimate of drug-likeness (QED) is 0.403. The summed E-state index contributed by atoms with van der Waals surface area (Å²) in [5.74, 6) is -0.0899. The summed E-state index contributed by atoms with van der Waals surface area (Å²) in [5, 5.41) is 13.7. The van der Waals surface area contributed by atoms with E-state index in [2.05, 4.69) is 10.1 Å². The number of esters is 1. The van der Waals surface area contributed by atoms with Crippen molar-refractivity contribution in [3.63, 3.8) is 0 Å². The summed E-state index contributed by atoms with van der Waals surface area (Å²) in [4.78, 5) is 37.7. The van der Waals surface area contributed by atoms with Gasteiger partial charge in [0.05, 0.1) is 19.3 Å². The Morgan fingerprint density at radius 1 is 1.17 bits per heavy atom. The van der Waals surface area contributed by atoms with Crippen LogP contribution in [0.2, 0.25) is 0 Å². The van der Waals surface area contributed by atoms with Crippen molar-refractivity contribution in [3.8, 4) is 0 Å². The van der Waals surface area contributed by atoms with Gasteiger partial charge in [0.2, 0.25) is 11.8 Å². The average molecular weight is 411 g/mol. The molecule has 2 aliphatic rings. The Bertz CT molecular complexity index is 557. The van der Waals surface area contributed by atoms with E-state index in [0.717, 1.165) is 51.4 Å². The Balaban J connectivity index is 1.82. The summed E-state index contributed by atoms with van der Waals surface area (Å²) in [6.45, 7) is 2.34. The van der Waals surface area contributed by atoms with Crippen LogP contribution in [0.15, 0.2) is 0 Å². The third kappa shape index (κ3) is 7.28. The fourth-order valence-electron chi connectivity index (χ4n) is 4.60. The van der Waals surface area contributed by atoms with Crippen molar-refractivity contribution in [1.82, 2.24) is 10.2 Å². The normalized spacial score (nSPS) is 22.9. The van der Waals surface area contributed by atoms with Gasteiger partial charge < -0.3 is 20.1 Å². The first-order chi connectivity index (χ1) is 13.8. The van der Waals surface area contributed by atoms with Gasteiger partial charge in [-0.2, -0.15) is 0 Å². The average Bonchev–Trinajstić information content (AvgIpc) is 2.72. The number of carbonyl (C=O) groups is 3. The first-order valence-corrected chi connectivity index (χ1v) is 11.2. The molecule has 1 heterocycles. The number of aliphatic hydroxyl groups is 1. The largest absolute Gasteiger partial charge is 0.469 e. The van der Waals surface area contributed by atoms with E-state index in [9.17, 15) is 19.5 Å². The van der Waals surface area contributed by atoms with Gasteiger partial charge in [-0.25, -0.2) is 0 Å². The molecule has 0 bridgehead atoms. The number of rotatable bonds is 11. The van der Waals surface area contributed by atoms with E-state index in [1.807, 2.05) is 6.92 Å². The lowest BCUT2D eigenvalue weighted by Gasteiger charge is -2.40. The van der Waals surface area contributed by atoms with Crippen molar-refractivity contribution in [2.45, 2.75) is 95.6 Å². The van der Waals surface area contributed by atoms with E-state index in [1.54, 1.807) is 4.90 Å². The van der Waals surface area contributed by atoms with Gasteiger partial charge >= 0.3 is 5.97 Å². The fourth-order valence-corrected chi connectivity index (χ4v) is 4.60. The van der Waals surface area contributed by atoms with Gasteiger partial charge in [-0.05, 0) is 44.9 Å². The highest BCUT2D eigenvalue weighted by Gasteiger charge is 2.37. The zero-order valence-electron chi connectivity index (χ0n) is 18.1. The number of carbonyl (C=O) groups excluding carboxylic acids is 3. The van der Waals surface area contributed by atoms with Crippen LogP contribution in [0.5, 0.6) is 0 Å². The van der Waals surface area contributed by atoms with E-state index >= 15 is 0 Å². The molecule has 2 rings (SSSR count). The van der Waals surface area contributed by atoms with Gasteiger partial charge in [-0.3, -0.25) is 14.4 Å². The monoisotopic (exact) mass is 410 g/mol. The molecule has 2 atom stereocenters. The van der Waals surface area contributed by atoms with Crippen molar-refractivity contribution < 1.29 is 24.2 Å². The highest BCUT2D eigenvalue weighted by atomic mass is 16.5. The molecule has 2 amide bonds. The molecule has 1 saturated carbocycles. The van der Waals surface area contributed by atoms with Crippen molar-refractivity contribution in [1.29, 1.82) is 0 Å². The van der Waals surface area contributed by atoms with Crippen molar-refractivity contribution in [2.24, 2.45) is 5.92 Å². The highest BCUT2D eigenvalue weighted by Crippen LogP contribution is 2.35. The molecule has 2 unspecified atom stereocenters. The van der Waals surface area contributed by atoms with Crippen molar-refractivity contribution in [2.75, 3.05) is 20.2 Å². The molecule has 1 aliphatic carbocycles. The number of methoxy groups -OCH3 is 1. The maximum Gasteiger partial charge on any atom is 0.305 e. The number of unbranched alkanes of at least 4 members (excludes halogenated alkanes) is 3. The number of amides is 2. The molecule has 0 aromatic heterocycles. The maximum absolute atomic E-state index is 12.5. The van der Waals surface area contributed by atoms with E-state index in [-0.39, 0.29) is 30.2 Å². The third-order valence-corrected chi connectivity index (χ3v) is 6.59. The molecule has 166 valence electrons. The van der Waals surface area contributed by atoms with Crippen LogP contribution in [0.4, 0.5) is 0 Å². The number of piperazine rings is 1. The van der Waals surface area contributed by atoms with Crippen LogP contribution in [-0.4, -0.2) is 59.6 Å². The summed E-state index contributed by atoms with van der Waals surface area (Å²) in [6, 6.07) is -0.459. The topological polar surface area (TPSA) is 95.9 Å². The summed E-state index contributed by atoms with van der Waals surface area (Å²) >= 11 is 0. The van der Waals surface area contributed by atoms with Gasteiger partial charge in [0, 0.05) is 13.0 Å². The number of nitrogens with zero attached hydrogens (tertiary/aromatic N) is 1. The van der Waals surface area contributed by atoms with Gasteiger partial charge in [0.25, 0.3) is 0 Å². The predicted molar refractivity (Wildman–Crippen MR) is 110 cm³/mol. The minimum atomic E-state index is -0.799. The van der Waals surface area contributed by atoms with E-state index < -0.39 is 11.6 Å². The molecular formula is C22H38N2O5. The molecule has 0 spiro atoms. The zero-order valence-corrected chi connectivity index (χ0v) is 18.1. The molecule has 1 saturated heterocycles. The predicted octanol–water partition coefficient (Wildman–Crippen LogP) is 2.55. The number of nitrogens with one attached hydrogen (secondary N) is 1. The highest BCUT2D eigenvalue weighted by molar-refractivity contribution is 5.94. The lowest BCUT2D eigenvalue weighted by Crippen LogP contribution is -2.59. The van der Waals surface area contributed by atoms with Crippen LogP contribution >= 0.6 is 0 Å². The van der Waals surface area contributed by atoms with Gasteiger partial charge in [0.15, 0.2) is 0 Å². The summed E-state index contributed by atoms with van der Waals surface area (Å²) in [6.07, 6.45) is 10.6. The first kappa shape index (κ1) is 23.6. The lowest BCUT2D eigenvalue weighted by atomic mass is 9.76. The fraction of sp³-hybridized carbons (Fsp3) is 0.864. The van der Waals surface area contributed by atoms with Gasteiger partial charge in [-0.15, -0.1) is 0 Å².